The molecule has 0 saturated carbocycles. The van der Waals surface area contributed by atoms with E-state index in [0.717, 1.165) is 19.3 Å². The molecule has 0 radical (unpaired) electrons. The summed E-state index contributed by atoms with van der Waals surface area (Å²) in [5.41, 5.74) is 5.77. The number of nitrogens with two attached hydrogens (primary N) is 1. The average molecular weight is 316 g/mol. The Morgan fingerprint density at radius 2 is 1.79 bits per heavy atom. The van der Waals surface area contributed by atoms with Crippen LogP contribution in [0.15, 0.2) is 0 Å². The Hall–Kier alpha value is -0.0300. The number of likely N-dealkylation sites (N-methyl/N-ethyl adjacent to an activating group) is 1. The minimum absolute atomic E-state index is 0. The summed E-state index contributed by atoms with van der Waals surface area (Å²) in [5, 5.41) is 2.95. The van der Waals surface area contributed by atoms with Crippen molar-refractivity contribution >= 4 is 30.7 Å². The van der Waals surface area contributed by atoms with Crippen molar-refractivity contribution in [3.8, 4) is 0 Å². The van der Waals surface area contributed by atoms with Crippen molar-refractivity contribution in [1.29, 1.82) is 0 Å². The first-order chi connectivity index (χ1) is 7.88. The van der Waals surface area contributed by atoms with Gasteiger partial charge in [-0.1, -0.05) is 27.2 Å². The second kappa shape index (κ2) is 13.0. The number of carbonyl (C=O) groups is 1. The summed E-state index contributed by atoms with van der Waals surface area (Å²) < 4.78 is 0. The van der Waals surface area contributed by atoms with E-state index in [4.69, 9.17) is 5.73 Å². The number of carbonyl (C=O) groups excluding carboxylic acids is 1. The highest BCUT2D eigenvalue weighted by atomic mass is 35.5. The van der Waals surface area contributed by atoms with Gasteiger partial charge in [0.05, 0.1) is 6.04 Å². The Kier molecular flexibility index (Phi) is 16.4. The molecule has 6 heteroatoms. The Morgan fingerprint density at radius 3 is 2.16 bits per heavy atom. The number of nitrogens with one attached hydrogen (secondary N) is 1. The fraction of sp³-hybridized carbons (Fsp3) is 0.923. The molecular weight excluding hydrogens is 285 g/mol. The zero-order valence-corrected chi connectivity index (χ0v) is 14.4. The number of halogens is 2. The van der Waals surface area contributed by atoms with Gasteiger partial charge in [-0.2, -0.15) is 0 Å². The van der Waals surface area contributed by atoms with Crippen LogP contribution in [-0.2, 0) is 4.79 Å². The van der Waals surface area contributed by atoms with Gasteiger partial charge in [0.1, 0.15) is 0 Å². The molecule has 0 aliphatic carbocycles. The second-order valence-electron chi connectivity index (χ2n) is 5.39. The largest absolute Gasteiger partial charge is 0.353 e. The lowest BCUT2D eigenvalue weighted by Crippen LogP contribution is -2.46. The van der Waals surface area contributed by atoms with Crippen LogP contribution >= 0.6 is 24.8 Å². The van der Waals surface area contributed by atoms with Crippen LogP contribution in [0.4, 0.5) is 0 Å². The standard InChI is InChI=1S/C13H29N3O.2ClH/c1-6-7-12(14)13(17)15-9-11(16(4)5)8-10(2)3;;/h10-12H,6-9,14H2,1-5H3,(H,15,17);2*1H. The van der Waals surface area contributed by atoms with Crippen molar-refractivity contribution in [3.63, 3.8) is 0 Å². The molecule has 3 N–H and O–H groups in total. The molecule has 0 heterocycles. The SMILES string of the molecule is CCCC(N)C(=O)NCC(CC(C)C)N(C)C.Cl.Cl. The first-order valence-corrected chi connectivity index (χ1v) is 6.58. The molecule has 0 aliphatic heterocycles. The van der Waals surface area contributed by atoms with Gasteiger partial charge in [-0.25, -0.2) is 0 Å². The molecule has 1 amide bonds. The fourth-order valence-electron chi connectivity index (χ4n) is 1.81. The zero-order valence-electron chi connectivity index (χ0n) is 12.8. The van der Waals surface area contributed by atoms with Gasteiger partial charge in [0.15, 0.2) is 0 Å². The van der Waals surface area contributed by atoms with Gasteiger partial charge >= 0.3 is 0 Å². The lowest BCUT2D eigenvalue weighted by Gasteiger charge is -2.26. The maximum Gasteiger partial charge on any atom is 0.236 e. The van der Waals surface area contributed by atoms with Crippen molar-refractivity contribution in [3.05, 3.63) is 0 Å². The summed E-state index contributed by atoms with van der Waals surface area (Å²) in [5.74, 6) is 0.603. The minimum atomic E-state index is -0.359. The van der Waals surface area contributed by atoms with Gasteiger partial charge in [0.2, 0.25) is 5.91 Å². The molecule has 0 aromatic heterocycles. The average Bonchev–Trinajstić information content (AvgIpc) is 2.23. The lowest BCUT2D eigenvalue weighted by atomic mass is 10.0. The molecule has 0 aliphatic rings. The van der Waals surface area contributed by atoms with E-state index in [0.29, 0.717) is 18.5 Å². The van der Waals surface area contributed by atoms with Gasteiger partial charge in [0, 0.05) is 12.6 Å². The molecule has 0 saturated heterocycles. The van der Waals surface area contributed by atoms with Crippen molar-refractivity contribution in [2.24, 2.45) is 11.7 Å². The predicted octanol–water partition coefficient (Wildman–Crippen LogP) is 2.05. The molecule has 0 fully saturated rings. The maximum absolute atomic E-state index is 11.7. The van der Waals surface area contributed by atoms with Crippen LogP contribution in [0.5, 0.6) is 0 Å². The van der Waals surface area contributed by atoms with E-state index in [9.17, 15) is 4.79 Å². The van der Waals surface area contributed by atoms with Gasteiger partial charge in [-0.05, 0) is 32.9 Å². The van der Waals surface area contributed by atoms with Crippen LogP contribution in [0.25, 0.3) is 0 Å². The molecule has 0 bridgehead atoms. The highest BCUT2D eigenvalue weighted by Gasteiger charge is 2.17. The molecule has 19 heavy (non-hydrogen) atoms. The van der Waals surface area contributed by atoms with Gasteiger partial charge in [-0.15, -0.1) is 24.8 Å². The van der Waals surface area contributed by atoms with Gasteiger partial charge < -0.3 is 16.0 Å². The number of hydrogen-bond acceptors (Lipinski definition) is 3. The minimum Gasteiger partial charge on any atom is -0.353 e. The number of rotatable bonds is 8. The topological polar surface area (TPSA) is 58.4 Å². The second-order valence-corrected chi connectivity index (χ2v) is 5.39. The summed E-state index contributed by atoms with van der Waals surface area (Å²) in [4.78, 5) is 13.8. The Labute approximate surface area is 130 Å². The molecular formula is C13H31Cl2N3O. The third-order valence-electron chi connectivity index (χ3n) is 2.92. The highest BCUT2D eigenvalue weighted by molar-refractivity contribution is 5.85. The molecule has 0 aromatic rings. The molecule has 2 unspecified atom stereocenters. The summed E-state index contributed by atoms with van der Waals surface area (Å²) in [6.07, 6.45) is 2.77. The van der Waals surface area contributed by atoms with Gasteiger partial charge in [-0.3, -0.25) is 4.79 Å². The quantitative estimate of drug-likeness (QED) is 0.720. The number of nitrogens with zero attached hydrogens (tertiary/aromatic N) is 1. The van der Waals surface area contributed by atoms with E-state index < -0.39 is 0 Å². The predicted molar refractivity (Wildman–Crippen MR) is 87.3 cm³/mol. The maximum atomic E-state index is 11.7. The van der Waals surface area contributed by atoms with E-state index in [-0.39, 0.29) is 36.8 Å². The van der Waals surface area contributed by atoms with Crippen LogP contribution in [0.3, 0.4) is 0 Å². The molecule has 118 valence electrons. The number of hydrogen-bond donors (Lipinski definition) is 2. The fourth-order valence-corrected chi connectivity index (χ4v) is 1.81. The summed E-state index contributed by atoms with van der Waals surface area (Å²) in [6.45, 7) is 7.11. The highest BCUT2D eigenvalue weighted by Crippen LogP contribution is 2.08. The first-order valence-electron chi connectivity index (χ1n) is 6.58. The smallest absolute Gasteiger partial charge is 0.236 e. The lowest BCUT2D eigenvalue weighted by molar-refractivity contribution is -0.122. The first kappa shape index (κ1) is 24.0. The Balaban J connectivity index is -0.00000128. The third-order valence-corrected chi connectivity index (χ3v) is 2.92. The van der Waals surface area contributed by atoms with Gasteiger partial charge in [0.25, 0.3) is 0 Å². The van der Waals surface area contributed by atoms with Crippen LogP contribution in [0.2, 0.25) is 0 Å². The molecule has 0 aromatic carbocycles. The zero-order chi connectivity index (χ0) is 13.4. The molecule has 2 atom stereocenters. The van der Waals surface area contributed by atoms with E-state index in [1.807, 2.05) is 21.0 Å². The summed E-state index contributed by atoms with van der Waals surface area (Å²) in [7, 11) is 4.09. The molecule has 0 spiro atoms. The summed E-state index contributed by atoms with van der Waals surface area (Å²) in [6, 6.07) is 0.0228. The Bertz CT molecular complexity index is 226. The third kappa shape index (κ3) is 11.5. The van der Waals surface area contributed by atoms with Crippen LogP contribution in [0, 0.1) is 5.92 Å². The Morgan fingerprint density at radius 1 is 1.26 bits per heavy atom. The molecule has 0 rings (SSSR count). The summed E-state index contributed by atoms with van der Waals surface area (Å²) >= 11 is 0. The van der Waals surface area contributed by atoms with Crippen molar-refractivity contribution in [1.82, 2.24) is 10.2 Å². The monoisotopic (exact) mass is 315 g/mol. The van der Waals surface area contributed by atoms with Crippen molar-refractivity contribution in [2.45, 2.75) is 52.1 Å². The number of amides is 1. The van der Waals surface area contributed by atoms with Crippen molar-refractivity contribution in [2.75, 3.05) is 20.6 Å². The van der Waals surface area contributed by atoms with E-state index in [1.54, 1.807) is 0 Å². The van der Waals surface area contributed by atoms with Crippen LogP contribution in [0.1, 0.15) is 40.0 Å². The van der Waals surface area contributed by atoms with E-state index in [1.165, 1.54) is 0 Å². The van der Waals surface area contributed by atoms with Crippen LogP contribution < -0.4 is 11.1 Å². The normalized spacial score (nSPS) is 13.5. The van der Waals surface area contributed by atoms with Crippen molar-refractivity contribution < 1.29 is 4.79 Å². The van der Waals surface area contributed by atoms with E-state index in [2.05, 4.69) is 24.1 Å². The van der Waals surface area contributed by atoms with E-state index >= 15 is 0 Å². The van der Waals surface area contributed by atoms with Crippen LogP contribution in [-0.4, -0.2) is 43.5 Å². The molecule has 4 nitrogen and oxygen atoms in total.